The minimum atomic E-state index is -0.790. The Balaban J connectivity index is 2.31. The summed E-state index contributed by atoms with van der Waals surface area (Å²) in [5.41, 5.74) is 0.836. The van der Waals surface area contributed by atoms with Crippen molar-refractivity contribution in [3.63, 3.8) is 0 Å². The summed E-state index contributed by atoms with van der Waals surface area (Å²) in [6.45, 7) is 1.91. The van der Waals surface area contributed by atoms with Gasteiger partial charge >= 0.3 is 0 Å². The van der Waals surface area contributed by atoms with Crippen molar-refractivity contribution < 1.29 is 13.6 Å². The van der Waals surface area contributed by atoms with E-state index in [2.05, 4.69) is 5.32 Å². The summed E-state index contributed by atoms with van der Waals surface area (Å²) in [6, 6.07) is 10.4. The van der Waals surface area contributed by atoms with Crippen LogP contribution in [0.1, 0.15) is 22.8 Å². The molecule has 2 aromatic carbocycles. The van der Waals surface area contributed by atoms with E-state index in [-0.39, 0.29) is 0 Å². The topological polar surface area (TPSA) is 29.1 Å². The van der Waals surface area contributed by atoms with E-state index >= 15 is 0 Å². The Hall–Kier alpha value is -2.23. The van der Waals surface area contributed by atoms with Crippen LogP contribution in [0.25, 0.3) is 0 Å². The predicted octanol–water partition coefficient (Wildman–Crippen LogP) is 3.78. The minimum absolute atomic E-state index is 0.418. The van der Waals surface area contributed by atoms with Crippen molar-refractivity contribution in [2.24, 2.45) is 0 Å². The van der Waals surface area contributed by atoms with Crippen LogP contribution in [0, 0.1) is 11.6 Å². The summed E-state index contributed by atoms with van der Waals surface area (Å²) in [7, 11) is 0. The molecule has 2 rings (SSSR count). The number of nitrogens with one attached hydrogen (secondary N) is 1. The van der Waals surface area contributed by atoms with E-state index in [1.807, 2.05) is 19.1 Å². The molecule has 2 nitrogen and oxygen atoms in total. The van der Waals surface area contributed by atoms with E-state index in [1.54, 1.807) is 12.1 Å². The van der Waals surface area contributed by atoms with E-state index in [0.717, 1.165) is 17.7 Å². The van der Waals surface area contributed by atoms with Crippen molar-refractivity contribution in [3.8, 4) is 0 Å². The molecule has 0 bridgehead atoms. The van der Waals surface area contributed by atoms with Gasteiger partial charge in [0.1, 0.15) is 17.3 Å². The lowest BCUT2D eigenvalue weighted by atomic mass is 10.0. The average molecular weight is 261 g/mol. The zero-order valence-corrected chi connectivity index (χ0v) is 10.4. The smallest absolute Gasteiger partial charge is 0.256 e. The maximum Gasteiger partial charge on any atom is 0.256 e. The van der Waals surface area contributed by atoms with Gasteiger partial charge in [-0.1, -0.05) is 31.2 Å². The summed E-state index contributed by atoms with van der Waals surface area (Å²) in [6.07, 6.45) is 0.670. The number of anilines is 1. The molecule has 0 saturated heterocycles. The Kier molecular flexibility index (Phi) is 3.90. The molecule has 0 saturated carbocycles. The molecule has 0 heterocycles. The first-order valence-electron chi connectivity index (χ1n) is 5.96. The molecule has 1 N–H and O–H groups in total. The van der Waals surface area contributed by atoms with Gasteiger partial charge < -0.3 is 5.32 Å². The van der Waals surface area contributed by atoms with Crippen LogP contribution < -0.4 is 5.32 Å². The van der Waals surface area contributed by atoms with Gasteiger partial charge in [0.2, 0.25) is 0 Å². The first-order valence-corrected chi connectivity index (χ1v) is 5.96. The molecule has 0 aliphatic carbocycles. The van der Waals surface area contributed by atoms with Gasteiger partial charge in [0.05, 0.1) is 0 Å². The monoisotopic (exact) mass is 261 g/mol. The Morgan fingerprint density at radius 1 is 1.05 bits per heavy atom. The number of aryl methyl sites for hydroxylation is 1. The van der Waals surface area contributed by atoms with Crippen LogP contribution in [0.3, 0.4) is 0 Å². The van der Waals surface area contributed by atoms with Crippen LogP contribution >= 0.6 is 0 Å². The summed E-state index contributed by atoms with van der Waals surface area (Å²) in [5, 5.41) is 2.28. The highest BCUT2D eigenvalue weighted by atomic mass is 19.1. The molecule has 4 heteroatoms. The van der Waals surface area contributed by atoms with E-state index in [4.69, 9.17) is 0 Å². The lowest BCUT2D eigenvalue weighted by Crippen LogP contribution is -2.16. The molecule has 0 aromatic heterocycles. The normalized spacial score (nSPS) is 10.3. The molecule has 1 amide bonds. The number of hydrogen-bond donors (Lipinski definition) is 1. The number of carbonyl (C=O) groups excluding carboxylic acids is 1. The van der Waals surface area contributed by atoms with Gasteiger partial charge in [-0.15, -0.1) is 0 Å². The second-order valence-corrected chi connectivity index (χ2v) is 4.06. The number of rotatable bonds is 3. The van der Waals surface area contributed by atoms with Crippen LogP contribution in [0.2, 0.25) is 0 Å². The fraction of sp³-hybridized carbons (Fsp3) is 0.133. The molecule has 0 fully saturated rings. The molecule has 2 aromatic rings. The number of carbonyl (C=O) groups is 1. The SMILES string of the molecule is CCc1ccccc1C(=O)Nc1c(F)cccc1F. The molecule has 0 aliphatic heterocycles. The van der Waals surface area contributed by atoms with Gasteiger partial charge in [0.25, 0.3) is 5.91 Å². The maximum atomic E-state index is 13.5. The molecular weight excluding hydrogens is 248 g/mol. The van der Waals surface area contributed by atoms with E-state index in [1.165, 1.54) is 6.07 Å². The molecule has 0 spiro atoms. The third-order valence-corrected chi connectivity index (χ3v) is 2.84. The predicted molar refractivity (Wildman–Crippen MR) is 70.1 cm³/mol. The fourth-order valence-electron chi connectivity index (χ4n) is 1.85. The number of halogens is 2. The largest absolute Gasteiger partial charge is 0.317 e. The van der Waals surface area contributed by atoms with Crippen LogP contribution in [-0.4, -0.2) is 5.91 Å². The Morgan fingerprint density at radius 2 is 1.68 bits per heavy atom. The van der Waals surface area contributed by atoms with E-state index < -0.39 is 23.2 Å². The maximum absolute atomic E-state index is 13.5. The van der Waals surface area contributed by atoms with Gasteiger partial charge in [-0.05, 0) is 30.2 Å². The van der Waals surface area contributed by atoms with Gasteiger partial charge in [-0.3, -0.25) is 4.79 Å². The second-order valence-electron chi connectivity index (χ2n) is 4.06. The molecule has 0 atom stereocenters. The summed E-state index contributed by atoms with van der Waals surface area (Å²) in [5.74, 6) is -2.09. The number of benzene rings is 2. The molecule has 0 radical (unpaired) electrons. The number of hydrogen-bond acceptors (Lipinski definition) is 1. The lowest BCUT2D eigenvalue weighted by Gasteiger charge is -2.10. The zero-order chi connectivity index (χ0) is 13.8. The van der Waals surface area contributed by atoms with Crippen LogP contribution in [0.15, 0.2) is 42.5 Å². The van der Waals surface area contributed by atoms with Gasteiger partial charge in [-0.2, -0.15) is 0 Å². The van der Waals surface area contributed by atoms with Crippen molar-refractivity contribution >= 4 is 11.6 Å². The quantitative estimate of drug-likeness (QED) is 0.895. The van der Waals surface area contributed by atoms with E-state index in [9.17, 15) is 13.6 Å². The van der Waals surface area contributed by atoms with Crippen molar-refractivity contribution in [2.75, 3.05) is 5.32 Å². The zero-order valence-electron chi connectivity index (χ0n) is 10.4. The minimum Gasteiger partial charge on any atom is -0.317 e. The molecular formula is C15H13F2NO. The first-order chi connectivity index (χ1) is 9.13. The van der Waals surface area contributed by atoms with Crippen LogP contribution in [0.4, 0.5) is 14.5 Å². The van der Waals surface area contributed by atoms with Gasteiger partial charge in [-0.25, -0.2) is 8.78 Å². The second kappa shape index (κ2) is 5.61. The molecule has 98 valence electrons. The van der Waals surface area contributed by atoms with Crippen LogP contribution in [0.5, 0.6) is 0 Å². The molecule has 0 unspecified atom stereocenters. The van der Waals surface area contributed by atoms with Crippen molar-refractivity contribution in [1.82, 2.24) is 0 Å². The highest BCUT2D eigenvalue weighted by molar-refractivity contribution is 6.05. The summed E-state index contributed by atoms with van der Waals surface area (Å²) >= 11 is 0. The molecule has 19 heavy (non-hydrogen) atoms. The van der Waals surface area contributed by atoms with Crippen molar-refractivity contribution in [3.05, 3.63) is 65.2 Å². The highest BCUT2D eigenvalue weighted by Gasteiger charge is 2.15. The Morgan fingerprint density at radius 3 is 2.32 bits per heavy atom. The molecule has 0 aliphatic rings. The Labute approximate surface area is 110 Å². The van der Waals surface area contributed by atoms with E-state index in [0.29, 0.717) is 12.0 Å². The van der Waals surface area contributed by atoms with Crippen molar-refractivity contribution in [2.45, 2.75) is 13.3 Å². The fourth-order valence-corrected chi connectivity index (χ4v) is 1.85. The Bertz CT molecular complexity index is 591. The highest BCUT2D eigenvalue weighted by Crippen LogP contribution is 2.20. The standard InChI is InChI=1S/C15H13F2NO/c1-2-10-6-3-4-7-11(10)15(19)18-14-12(16)8-5-9-13(14)17/h3-9H,2H2,1H3,(H,18,19). The number of para-hydroxylation sites is 1. The third-order valence-electron chi connectivity index (χ3n) is 2.84. The van der Waals surface area contributed by atoms with Gasteiger partial charge in [0.15, 0.2) is 0 Å². The van der Waals surface area contributed by atoms with Gasteiger partial charge in [0, 0.05) is 5.56 Å². The number of amides is 1. The third kappa shape index (κ3) is 2.78. The van der Waals surface area contributed by atoms with Crippen LogP contribution in [-0.2, 0) is 6.42 Å². The average Bonchev–Trinajstić information content (AvgIpc) is 2.42. The summed E-state index contributed by atoms with van der Waals surface area (Å²) in [4.78, 5) is 12.1. The van der Waals surface area contributed by atoms with Crippen molar-refractivity contribution in [1.29, 1.82) is 0 Å². The lowest BCUT2D eigenvalue weighted by molar-refractivity contribution is 0.102. The first kappa shape index (κ1) is 13.2. The summed E-state index contributed by atoms with van der Waals surface area (Å²) < 4.78 is 26.9.